The van der Waals surface area contributed by atoms with Crippen LogP contribution in [0.3, 0.4) is 0 Å². The topological polar surface area (TPSA) is 29.9 Å². The van der Waals surface area contributed by atoms with E-state index in [0.717, 1.165) is 26.3 Å². The van der Waals surface area contributed by atoms with Crippen molar-refractivity contribution in [1.29, 1.82) is 0 Å². The third kappa shape index (κ3) is 3.51. The lowest BCUT2D eigenvalue weighted by atomic mass is 9.96. The minimum Gasteiger partial charge on any atom is -0.353 e. The Morgan fingerprint density at radius 1 is 1.19 bits per heavy atom. The zero-order valence-corrected chi connectivity index (χ0v) is 15.2. The van der Waals surface area contributed by atoms with Crippen molar-refractivity contribution in [1.82, 2.24) is 9.55 Å². The molecule has 0 bridgehead atoms. The molecule has 0 spiro atoms. The second-order valence-corrected chi connectivity index (χ2v) is 7.42. The van der Waals surface area contributed by atoms with Gasteiger partial charge in [-0.2, -0.15) is 0 Å². The van der Waals surface area contributed by atoms with E-state index < -0.39 is 0 Å². The fourth-order valence-electron chi connectivity index (χ4n) is 2.89. The van der Waals surface area contributed by atoms with E-state index in [4.69, 9.17) is 0 Å². The molecule has 2 aromatic rings. The minimum atomic E-state index is 0.550. The summed E-state index contributed by atoms with van der Waals surface area (Å²) in [6.45, 7) is 2.04. The van der Waals surface area contributed by atoms with Crippen LogP contribution in [0.1, 0.15) is 37.8 Å². The fraction of sp³-hybridized carbons (Fsp3) is 0.438. The molecule has 1 aliphatic carbocycles. The Labute approximate surface area is 142 Å². The zero-order chi connectivity index (χ0) is 14.8. The molecular formula is C16H19Br2N3. The van der Waals surface area contributed by atoms with E-state index in [-0.39, 0.29) is 0 Å². The van der Waals surface area contributed by atoms with Crippen molar-refractivity contribution in [2.75, 3.05) is 5.32 Å². The summed E-state index contributed by atoms with van der Waals surface area (Å²) < 4.78 is 4.26. The Morgan fingerprint density at radius 2 is 1.95 bits per heavy atom. The van der Waals surface area contributed by atoms with Crippen molar-refractivity contribution >= 4 is 37.8 Å². The molecule has 1 heterocycles. The molecule has 21 heavy (non-hydrogen) atoms. The smallest absolute Gasteiger partial charge is 0.207 e. The highest BCUT2D eigenvalue weighted by Gasteiger charge is 2.17. The highest BCUT2D eigenvalue weighted by molar-refractivity contribution is 9.11. The van der Waals surface area contributed by atoms with Crippen LogP contribution in [0.2, 0.25) is 0 Å². The Balaban J connectivity index is 1.91. The Bertz CT molecular complexity index is 630. The van der Waals surface area contributed by atoms with Crippen LogP contribution in [-0.2, 0) is 0 Å². The van der Waals surface area contributed by atoms with Crippen LogP contribution < -0.4 is 5.32 Å². The minimum absolute atomic E-state index is 0.550. The predicted molar refractivity (Wildman–Crippen MR) is 94.2 cm³/mol. The maximum atomic E-state index is 4.66. The highest BCUT2D eigenvalue weighted by atomic mass is 79.9. The maximum absolute atomic E-state index is 4.66. The molecule has 0 saturated heterocycles. The van der Waals surface area contributed by atoms with Crippen LogP contribution in [0.5, 0.6) is 0 Å². The van der Waals surface area contributed by atoms with Gasteiger partial charge in [0.1, 0.15) is 0 Å². The predicted octanol–water partition coefficient (Wildman–Crippen LogP) is 5.45. The van der Waals surface area contributed by atoms with Crippen LogP contribution in [0.25, 0.3) is 5.69 Å². The maximum Gasteiger partial charge on any atom is 0.207 e. The van der Waals surface area contributed by atoms with Crippen molar-refractivity contribution in [3.05, 3.63) is 39.0 Å². The lowest BCUT2D eigenvalue weighted by Gasteiger charge is -2.23. The monoisotopic (exact) mass is 411 g/mol. The van der Waals surface area contributed by atoms with Gasteiger partial charge in [0.15, 0.2) is 0 Å². The van der Waals surface area contributed by atoms with Gasteiger partial charge in [0.2, 0.25) is 5.95 Å². The van der Waals surface area contributed by atoms with Gasteiger partial charge >= 0.3 is 0 Å². The van der Waals surface area contributed by atoms with Gasteiger partial charge in [-0.3, -0.25) is 4.57 Å². The molecule has 0 amide bonds. The first-order chi connectivity index (χ1) is 10.1. The molecule has 112 valence electrons. The lowest BCUT2D eigenvalue weighted by Crippen LogP contribution is -2.24. The normalized spacial score (nSPS) is 16.1. The van der Waals surface area contributed by atoms with Crippen molar-refractivity contribution in [3.8, 4) is 5.69 Å². The largest absolute Gasteiger partial charge is 0.353 e. The van der Waals surface area contributed by atoms with Gasteiger partial charge in [-0.15, -0.1) is 0 Å². The van der Waals surface area contributed by atoms with Gasteiger partial charge in [-0.25, -0.2) is 4.98 Å². The summed E-state index contributed by atoms with van der Waals surface area (Å²) in [5.41, 5.74) is 2.14. The Kier molecular flexibility index (Phi) is 4.69. The second-order valence-electron chi connectivity index (χ2n) is 5.65. The summed E-state index contributed by atoms with van der Waals surface area (Å²) in [6, 6.07) is 6.77. The number of rotatable bonds is 3. The van der Waals surface area contributed by atoms with E-state index in [1.807, 2.05) is 6.92 Å². The summed E-state index contributed by atoms with van der Waals surface area (Å²) in [6.07, 6.45) is 8.57. The lowest BCUT2D eigenvalue weighted by molar-refractivity contribution is 0.460. The van der Waals surface area contributed by atoms with Crippen molar-refractivity contribution in [2.24, 2.45) is 0 Å². The molecule has 3 nitrogen and oxygen atoms in total. The van der Waals surface area contributed by atoms with E-state index in [0.29, 0.717) is 6.04 Å². The molecule has 5 heteroatoms. The molecule has 0 radical (unpaired) electrons. The van der Waals surface area contributed by atoms with E-state index in [1.165, 1.54) is 32.1 Å². The first-order valence-corrected chi connectivity index (χ1v) is 9.00. The van der Waals surface area contributed by atoms with E-state index in [2.05, 4.69) is 71.1 Å². The standard InChI is InChI=1S/C16H19Br2N3/c1-11-10-21(15-8-7-12(17)9-14(15)18)16(19-11)20-13-5-3-2-4-6-13/h7-10,13H,2-6H2,1H3,(H,19,20). The number of hydrogen-bond acceptors (Lipinski definition) is 2. The van der Waals surface area contributed by atoms with Crippen LogP contribution in [0, 0.1) is 6.92 Å². The number of aryl methyl sites for hydroxylation is 1. The van der Waals surface area contributed by atoms with Crippen molar-refractivity contribution in [3.63, 3.8) is 0 Å². The molecule has 1 aromatic carbocycles. The van der Waals surface area contributed by atoms with Crippen LogP contribution in [0.4, 0.5) is 5.95 Å². The quantitative estimate of drug-likeness (QED) is 0.726. The summed E-state index contributed by atoms with van der Waals surface area (Å²) in [5, 5.41) is 3.63. The molecule has 0 unspecified atom stereocenters. The van der Waals surface area contributed by atoms with Gasteiger partial charge in [0.25, 0.3) is 0 Å². The molecule has 0 atom stereocenters. The van der Waals surface area contributed by atoms with E-state index in [9.17, 15) is 0 Å². The third-order valence-electron chi connectivity index (χ3n) is 3.93. The summed E-state index contributed by atoms with van der Waals surface area (Å²) in [4.78, 5) is 4.66. The summed E-state index contributed by atoms with van der Waals surface area (Å²) in [7, 11) is 0. The molecule has 1 fully saturated rings. The first kappa shape index (κ1) is 15.1. The average Bonchev–Trinajstić information content (AvgIpc) is 2.80. The number of hydrogen-bond donors (Lipinski definition) is 1. The number of aromatic nitrogens is 2. The second kappa shape index (κ2) is 6.53. The molecule has 1 aromatic heterocycles. The van der Waals surface area contributed by atoms with Crippen molar-refractivity contribution in [2.45, 2.75) is 45.1 Å². The molecule has 3 rings (SSSR count). The number of halogens is 2. The Hall–Kier alpha value is -0.810. The number of imidazole rings is 1. The summed E-state index contributed by atoms with van der Waals surface area (Å²) >= 11 is 7.15. The Morgan fingerprint density at radius 3 is 2.67 bits per heavy atom. The highest BCUT2D eigenvalue weighted by Crippen LogP contribution is 2.29. The van der Waals surface area contributed by atoms with Gasteiger partial charge in [-0.05, 0) is 53.9 Å². The summed E-state index contributed by atoms with van der Waals surface area (Å²) in [5.74, 6) is 0.947. The van der Waals surface area contributed by atoms with Crippen LogP contribution in [-0.4, -0.2) is 15.6 Å². The number of nitrogens with zero attached hydrogens (tertiary/aromatic N) is 2. The number of benzene rings is 1. The van der Waals surface area contributed by atoms with Gasteiger partial charge in [-0.1, -0.05) is 35.2 Å². The molecule has 1 N–H and O–H groups in total. The van der Waals surface area contributed by atoms with E-state index in [1.54, 1.807) is 0 Å². The van der Waals surface area contributed by atoms with Crippen LogP contribution in [0.15, 0.2) is 33.3 Å². The van der Waals surface area contributed by atoms with Gasteiger partial charge in [0, 0.05) is 21.2 Å². The SMILES string of the molecule is Cc1cn(-c2ccc(Br)cc2Br)c(NC2CCCCC2)n1. The third-order valence-corrected chi connectivity index (χ3v) is 5.06. The number of nitrogens with one attached hydrogen (secondary N) is 1. The van der Waals surface area contributed by atoms with E-state index >= 15 is 0 Å². The zero-order valence-electron chi connectivity index (χ0n) is 12.1. The average molecular weight is 413 g/mol. The number of anilines is 1. The molecular weight excluding hydrogens is 394 g/mol. The molecule has 1 saturated carbocycles. The van der Waals surface area contributed by atoms with Crippen molar-refractivity contribution < 1.29 is 0 Å². The first-order valence-electron chi connectivity index (χ1n) is 7.41. The fourth-order valence-corrected chi connectivity index (χ4v) is 4.13. The van der Waals surface area contributed by atoms with Gasteiger partial charge in [0.05, 0.1) is 11.4 Å². The van der Waals surface area contributed by atoms with Gasteiger partial charge < -0.3 is 5.32 Å². The van der Waals surface area contributed by atoms with Crippen LogP contribution >= 0.6 is 31.9 Å². The molecule has 0 aliphatic heterocycles. The molecule has 1 aliphatic rings.